The van der Waals surface area contributed by atoms with E-state index in [1.807, 2.05) is 0 Å². The lowest BCUT2D eigenvalue weighted by atomic mass is 10.8. The summed E-state index contributed by atoms with van der Waals surface area (Å²) in [6.45, 7) is 0. The highest BCUT2D eigenvalue weighted by molar-refractivity contribution is 14.0. The minimum Gasteiger partial charge on any atom is -1.00 e. The maximum atomic E-state index is 2.12. The molecule has 0 aliphatic carbocycles. The Balaban J connectivity index is -0.00000000800. The Hall–Kier alpha value is 3.17. The first-order valence-corrected chi connectivity index (χ1v) is 1.79. The standard InChI is InChI=1S/C4H12N.ClH.4HI/c1-5(2,3)4;;;;;/h1-4H3;5*1H/q+1;;;;;/p-1. The maximum absolute atomic E-state index is 2.12. The van der Waals surface area contributed by atoms with Crippen molar-refractivity contribution < 1.29 is 28.5 Å². The molecule has 0 N–H and O–H groups in total. The molecule has 0 amide bonds. The van der Waals surface area contributed by atoms with Crippen LogP contribution in [0.3, 0.4) is 0 Å². The molecule has 0 aromatic heterocycles. The minimum atomic E-state index is 0. The van der Waals surface area contributed by atoms with Crippen molar-refractivity contribution in [2.24, 2.45) is 0 Å². The lowest BCUT2D eigenvalue weighted by Gasteiger charge is -2.14. The van der Waals surface area contributed by atoms with Gasteiger partial charge >= 0.3 is 0 Å². The van der Waals surface area contributed by atoms with E-state index in [-0.39, 0.29) is 108 Å². The Kier molecular flexibility index (Phi) is 68.5. The van der Waals surface area contributed by atoms with E-state index >= 15 is 0 Å². The minimum absolute atomic E-state index is 0. The zero-order valence-electron chi connectivity index (χ0n) is 6.46. The summed E-state index contributed by atoms with van der Waals surface area (Å²) in [7, 11) is 8.50. The predicted molar refractivity (Wildman–Crippen MR) is 77.4 cm³/mol. The molecule has 1 nitrogen and oxygen atoms in total. The molecular formula is C4H16ClI4N. The first-order chi connectivity index (χ1) is 2.00. The number of rotatable bonds is 0. The van der Waals surface area contributed by atoms with Gasteiger partial charge in [0.15, 0.2) is 0 Å². The summed E-state index contributed by atoms with van der Waals surface area (Å²) in [5, 5.41) is 0. The van der Waals surface area contributed by atoms with Crippen LogP contribution in [-0.4, -0.2) is 32.7 Å². The Labute approximate surface area is 139 Å². The summed E-state index contributed by atoms with van der Waals surface area (Å²) >= 11 is 0. The molecule has 0 unspecified atom stereocenters. The van der Waals surface area contributed by atoms with Crippen LogP contribution in [0.25, 0.3) is 0 Å². The maximum Gasteiger partial charge on any atom is 0.0675 e. The van der Waals surface area contributed by atoms with Gasteiger partial charge in [0, 0.05) is 0 Å². The van der Waals surface area contributed by atoms with Gasteiger partial charge in [0.25, 0.3) is 0 Å². The van der Waals surface area contributed by atoms with Crippen LogP contribution < -0.4 is 24.0 Å². The van der Waals surface area contributed by atoms with Crippen molar-refractivity contribution in [2.75, 3.05) is 28.2 Å². The fourth-order valence-corrected chi connectivity index (χ4v) is 0. The van der Waals surface area contributed by atoms with E-state index in [9.17, 15) is 0 Å². The van der Waals surface area contributed by atoms with Gasteiger partial charge in [-0.15, -0.1) is 84.3 Å². The van der Waals surface area contributed by atoms with Crippen LogP contribution in [0.2, 0.25) is 0 Å². The molecule has 10 heavy (non-hydrogen) atoms. The van der Waals surface area contributed by atoms with Gasteiger partial charge in [-0.1, -0.05) is 0 Å². The third-order valence-corrected chi connectivity index (χ3v) is 0. The molecular weight excluding hydrogens is 605 g/mol. The Morgan fingerprint density at radius 3 is 0.700 bits per heavy atom. The number of nitrogens with zero attached hydrogens (tertiary/aromatic N) is 1. The molecule has 0 bridgehead atoms. The third kappa shape index (κ3) is 115. The lowest BCUT2D eigenvalue weighted by molar-refractivity contribution is -0.849. The smallest absolute Gasteiger partial charge is 0.0675 e. The molecule has 0 saturated carbocycles. The Bertz CT molecular complexity index is 32.7. The summed E-state index contributed by atoms with van der Waals surface area (Å²) in [5.41, 5.74) is 0. The van der Waals surface area contributed by atoms with Crippen LogP contribution in [0, 0.1) is 0 Å². The monoisotopic (exact) mass is 621 g/mol. The average Bonchev–Trinajstić information content (AvgIpc) is 0.722. The fourth-order valence-electron chi connectivity index (χ4n) is 0. The van der Waals surface area contributed by atoms with Crippen LogP contribution in [0.5, 0.6) is 0 Å². The summed E-state index contributed by atoms with van der Waals surface area (Å²) in [6.07, 6.45) is 0. The molecule has 0 fully saturated rings. The van der Waals surface area contributed by atoms with E-state index < -0.39 is 0 Å². The lowest BCUT2D eigenvalue weighted by Crippen LogP contribution is -3.00. The number of halogens is 5. The van der Waals surface area contributed by atoms with Crippen LogP contribution in [0.1, 0.15) is 0 Å². The van der Waals surface area contributed by atoms with E-state index in [0.29, 0.717) is 0 Å². The highest BCUT2D eigenvalue weighted by atomic mass is 127. The zero-order chi connectivity index (χ0) is 4.50. The van der Waals surface area contributed by atoms with Crippen molar-refractivity contribution in [1.29, 1.82) is 0 Å². The molecule has 0 spiro atoms. The molecule has 0 aromatic carbocycles. The summed E-state index contributed by atoms with van der Waals surface area (Å²) in [6, 6.07) is 0. The molecule has 0 heterocycles. The van der Waals surface area contributed by atoms with Gasteiger partial charge in [-0.3, -0.25) is 0 Å². The van der Waals surface area contributed by atoms with Gasteiger partial charge in [-0.2, -0.15) is 0 Å². The summed E-state index contributed by atoms with van der Waals surface area (Å²) in [4.78, 5) is 0. The van der Waals surface area contributed by atoms with Gasteiger partial charge in [-0.05, 0) is 0 Å². The van der Waals surface area contributed by atoms with E-state index in [4.69, 9.17) is 0 Å². The van der Waals surface area contributed by atoms with Crippen LogP contribution in [0.15, 0.2) is 0 Å². The first-order valence-electron chi connectivity index (χ1n) is 1.79. The first kappa shape index (κ1) is 37.9. The van der Waals surface area contributed by atoms with Crippen LogP contribution in [-0.2, 0) is 0 Å². The zero-order valence-corrected chi connectivity index (χ0v) is 16.4. The van der Waals surface area contributed by atoms with Crippen LogP contribution in [0.4, 0.5) is 0 Å². The molecule has 0 saturated heterocycles. The van der Waals surface area contributed by atoms with Crippen molar-refractivity contribution in [1.82, 2.24) is 0 Å². The Morgan fingerprint density at radius 1 is 0.700 bits per heavy atom. The highest BCUT2D eigenvalue weighted by Crippen LogP contribution is 1.73. The average molecular weight is 621 g/mol. The number of hydrogen-bond donors (Lipinski definition) is 0. The molecule has 0 aliphatic rings. The normalized spacial score (nSPS) is 6.00. The number of quaternary nitrogens is 1. The molecule has 6 heteroatoms. The largest absolute Gasteiger partial charge is 1.00 e. The summed E-state index contributed by atoms with van der Waals surface area (Å²) < 4.78 is 1.00. The van der Waals surface area contributed by atoms with Gasteiger partial charge in [0.05, 0.1) is 28.2 Å². The Morgan fingerprint density at radius 2 is 0.700 bits per heavy atom. The highest BCUT2D eigenvalue weighted by Gasteiger charge is 1.88. The van der Waals surface area contributed by atoms with Crippen molar-refractivity contribution in [3.63, 3.8) is 0 Å². The van der Waals surface area contributed by atoms with Gasteiger partial charge in [-0.25, -0.2) is 0 Å². The second-order valence-corrected chi connectivity index (χ2v) is 2.68. The number of hydrogen-bond acceptors (Lipinski definition) is 0. The summed E-state index contributed by atoms with van der Waals surface area (Å²) in [5.74, 6) is 0. The quantitative estimate of drug-likeness (QED) is 0.256. The second-order valence-electron chi connectivity index (χ2n) is 2.68. The van der Waals surface area contributed by atoms with Crippen molar-refractivity contribution in [2.45, 2.75) is 0 Å². The van der Waals surface area contributed by atoms with Crippen molar-refractivity contribution in [3.05, 3.63) is 0 Å². The predicted octanol–water partition coefficient (Wildman–Crippen LogP) is -0.398. The molecule has 72 valence electrons. The van der Waals surface area contributed by atoms with Crippen molar-refractivity contribution >= 4 is 84.3 Å². The SMILES string of the molecule is C[N+](C)(C)C.Cl.I.I.I.[I-]. The van der Waals surface area contributed by atoms with Gasteiger partial charge in [0.2, 0.25) is 0 Å². The molecule has 0 aromatic rings. The van der Waals surface area contributed by atoms with E-state index in [2.05, 4.69) is 28.2 Å². The van der Waals surface area contributed by atoms with Crippen LogP contribution >= 0.6 is 84.3 Å². The molecule has 0 atom stereocenters. The van der Waals surface area contributed by atoms with Gasteiger partial charge in [0.1, 0.15) is 0 Å². The van der Waals surface area contributed by atoms with E-state index in [1.165, 1.54) is 0 Å². The fraction of sp³-hybridized carbons (Fsp3) is 1.00. The molecule has 0 radical (unpaired) electrons. The second kappa shape index (κ2) is 18.1. The third-order valence-electron chi connectivity index (χ3n) is 0. The molecule has 0 aliphatic heterocycles. The molecule has 0 rings (SSSR count). The van der Waals surface area contributed by atoms with E-state index in [0.717, 1.165) is 4.48 Å². The van der Waals surface area contributed by atoms with Gasteiger partial charge < -0.3 is 28.5 Å². The topological polar surface area (TPSA) is 0 Å². The van der Waals surface area contributed by atoms with E-state index in [1.54, 1.807) is 0 Å². The van der Waals surface area contributed by atoms with Crippen molar-refractivity contribution in [3.8, 4) is 0 Å².